The predicted octanol–water partition coefficient (Wildman–Crippen LogP) is 3.84. The fourth-order valence-corrected chi connectivity index (χ4v) is 2.55. The fraction of sp³-hybridized carbons (Fsp3) is 0. The number of esters is 1. The molecule has 3 nitrogen and oxygen atoms in total. The number of aromatic amines is 1. The molecular weight excluding hydrogens is 250 g/mol. The van der Waals surface area contributed by atoms with E-state index in [1.54, 1.807) is 6.07 Å². The van der Waals surface area contributed by atoms with Crippen molar-refractivity contribution in [3.8, 4) is 0 Å². The summed E-state index contributed by atoms with van der Waals surface area (Å²) in [5.41, 5.74) is 3.55. The maximum absolute atomic E-state index is 11.8. The van der Waals surface area contributed by atoms with Crippen LogP contribution in [0, 0.1) is 0 Å². The second kappa shape index (κ2) is 4.10. The van der Waals surface area contributed by atoms with Gasteiger partial charge < -0.3 is 9.72 Å². The molecule has 0 unspecified atom stereocenters. The maximum atomic E-state index is 11.8. The van der Waals surface area contributed by atoms with Crippen molar-refractivity contribution in [3.63, 3.8) is 0 Å². The lowest BCUT2D eigenvalue weighted by atomic mass is 10.1. The highest BCUT2D eigenvalue weighted by Crippen LogP contribution is 2.32. The lowest BCUT2D eigenvalue weighted by molar-refractivity contribution is 0.0717. The lowest BCUT2D eigenvalue weighted by Crippen LogP contribution is -1.92. The van der Waals surface area contributed by atoms with E-state index >= 15 is 0 Å². The van der Waals surface area contributed by atoms with Crippen molar-refractivity contribution in [3.05, 3.63) is 71.4 Å². The monoisotopic (exact) mass is 261 g/mol. The molecule has 0 spiro atoms. The van der Waals surface area contributed by atoms with E-state index in [0.29, 0.717) is 11.3 Å². The summed E-state index contributed by atoms with van der Waals surface area (Å²) in [5, 5.41) is 1.11. The maximum Gasteiger partial charge on any atom is 0.344 e. The molecule has 1 aromatic heterocycles. The van der Waals surface area contributed by atoms with Gasteiger partial charge in [-0.2, -0.15) is 0 Å². The molecule has 1 N–H and O–H groups in total. The zero-order valence-electron chi connectivity index (χ0n) is 10.6. The average Bonchev–Trinajstić information content (AvgIpc) is 3.03. The number of carbonyl (C=O) groups excluding carboxylic acids is 1. The summed E-state index contributed by atoms with van der Waals surface area (Å²) >= 11 is 0. The zero-order valence-corrected chi connectivity index (χ0v) is 10.6. The van der Waals surface area contributed by atoms with Gasteiger partial charge in [-0.1, -0.05) is 36.4 Å². The molecule has 3 aromatic rings. The van der Waals surface area contributed by atoms with Gasteiger partial charge in [-0.3, -0.25) is 0 Å². The molecule has 4 rings (SSSR count). The van der Waals surface area contributed by atoms with E-state index in [2.05, 4.69) is 4.98 Å². The third-order valence-corrected chi connectivity index (χ3v) is 3.52. The van der Waals surface area contributed by atoms with Crippen LogP contribution in [0.2, 0.25) is 0 Å². The number of carbonyl (C=O) groups is 1. The SMILES string of the molecule is O=C1O/C(=C\c2c[nH]c3ccccc23)c2ccccc21. The Kier molecular flexibility index (Phi) is 2.27. The van der Waals surface area contributed by atoms with E-state index in [9.17, 15) is 4.79 Å². The number of hydrogen-bond acceptors (Lipinski definition) is 2. The van der Waals surface area contributed by atoms with Crippen molar-refractivity contribution in [1.82, 2.24) is 4.98 Å². The van der Waals surface area contributed by atoms with Crippen molar-refractivity contribution < 1.29 is 9.53 Å². The van der Waals surface area contributed by atoms with Crippen molar-refractivity contribution in [1.29, 1.82) is 0 Å². The van der Waals surface area contributed by atoms with Gasteiger partial charge in [0.05, 0.1) is 5.56 Å². The number of cyclic esters (lactones) is 1. The second-order valence-corrected chi connectivity index (χ2v) is 4.73. The summed E-state index contributed by atoms with van der Waals surface area (Å²) in [6.45, 7) is 0. The molecule has 3 heteroatoms. The first-order chi connectivity index (χ1) is 9.83. The Morgan fingerprint density at radius 2 is 1.70 bits per heavy atom. The molecule has 0 bridgehead atoms. The van der Waals surface area contributed by atoms with Gasteiger partial charge in [0.2, 0.25) is 0 Å². The molecule has 0 fully saturated rings. The number of benzene rings is 2. The predicted molar refractivity (Wildman–Crippen MR) is 78.0 cm³/mol. The van der Waals surface area contributed by atoms with Crippen molar-refractivity contribution >= 4 is 28.7 Å². The molecule has 96 valence electrons. The molecule has 1 aliphatic rings. The highest BCUT2D eigenvalue weighted by atomic mass is 16.5. The molecule has 0 atom stereocenters. The van der Waals surface area contributed by atoms with Gasteiger partial charge >= 0.3 is 5.97 Å². The zero-order chi connectivity index (χ0) is 13.5. The van der Waals surface area contributed by atoms with Crippen LogP contribution < -0.4 is 0 Å². The van der Waals surface area contributed by atoms with E-state index in [0.717, 1.165) is 22.0 Å². The molecule has 2 heterocycles. The lowest BCUT2D eigenvalue weighted by Gasteiger charge is -1.98. The highest BCUT2D eigenvalue weighted by Gasteiger charge is 2.25. The van der Waals surface area contributed by atoms with Crippen molar-refractivity contribution in [2.75, 3.05) is 0 Å². The van der Waals surface area contributed by atoms with E-state index in [-0.39, 0.29) is 5.97 Å². The van der Waals surface area contributed by atoms with Gasteiger partial charge in [0.1, 0.15) is 5.76 Å². The van der Waals surface area contributed by atoms with E-state index in [4.69, 9.17) is 4.74 Å². The summed E-state index contributed by atoms with van der Waals surface area (Å²) in [6, 6.07) is 15.5. The van der Waals surface area contributed by atoms with Gasteiger partial charge in [0, 0.05) is 28.2 Å². The topological polar surface area (TPSA) is 42.1 Å². The quantitative estimate of drug-likeness (QED) is 0.676. The molecule has 20 heavy (non-hydrogen) atoms. The fourth-order valence-electron chi connectivity index (χ4n) is 2.55. The molecule has 0 saturated heterocycles. The van der Waals surface area contributed by atoms with Gasteiger partial charge in [0.15, 0.2) is 0 Å². The third-order valence-electron chi connectivity index (χ3n) is 3.52. The van der Waals surface area contributed by atoms with Crippen LogP contribution in [0.5, 0.6) is 0 Å². The first-order valence-corrected chi connectivity index (χ1v) is 6.42. The summed E-state index contributed by atoms with van der Waals surface area (Å²) in [6.07, 6.45) is 3.83. The molecule has 0 aliphatic carbocycles. The summed E-state index contributed by atoms with van der Waals surface area (Å²) in [4.78, 5) is 15.0. The minimum Gasteiger partial charge on any atom is -0.422 e. The Balaban J connectivity index is 1.88. The van der Waals surface area contributed by atoms with Crippen molar-refractivity contribution in [2.45, 2.75) is 0 Å². The second-order valence-electron chi connectivity index (χ2n) is 4.73. The third kappa shape index (κ3) is 1.57. The molecule has 2 aromatic carbocycles. The van der Waals surface area contributed by atoms with Crippen LogP contribution in [0.3, 0.4) is 0 Å². The van der Waals surface area contributed by atoms with Crippen LogP contribution in [-0.2, 0) is 4.74 Å². The van der Waals surface area contributed by atoms with E-state index in [1.165, 1.54) is 0 Å². The van der Waals surface area contributed by atoms with E-state index in [1.807, 2.05) is 54.7 Å². The Hall–Kier alpha value is -2.81. The molecule has 0 saturated carbocycles. The summed E-state index contributed by atoms with van der Waals surface area (Å²) in [7, 11) is 0. The number of ether oxygens (including phenoxy) is 1. The first kappa shape index (κ1) is 11.1. The standard InChI is InChI=1S/C17H11NO2/c19-17-14-7-2-1-6-13(14)16(20-17)9-11-10-18-15-8-4-3-5-12(11)15/h1-10,18H/b16-9-. The van der Waals surface area contributed by atoms with Crippen LogP contribution in [0.1, 0.15) is 21.5 Å². The number of nitrogens with one attached hydrogen (secondary N) is 1. The Bertz CT molecular complexity index is 858. The van der Waals surface area contributed by atoms with Gasteiger partial charge in [-0.15, -0.1) is 0 Å². The molecule has 1 aliphatic heterocycles. The minimum absolute atomic E-state index is 0.285. The summed E-state index contributed by atoms with van der Waals surface area (Å²) in [5.74, 6) is 0.321. The van der Waals surface area contributed by atoms with Gasteiger partial charge in [-0.05, 0) is 18.2 Å². The van der Waals surface area contributed by atoms with Crippen molar-refractivity contribution in [2.24, 2.45) is 0 Å². The summed E-state index contributed by atoms with van der Waals surface area (Å²) < 4.78 is 5.36. The molecule has 0 radical (unpaired) electrons. The minimum atomic E-state index is -0.285. The normalized spacial score (nSPS) is 15.6. The Labute approximate surface area is 115 Å². The molecule has 0 amide bonds. The number of para-hydroxylation sites is 1. The number of aromatic nitrogens is 1. The largest absolute Gasteiger partial charge is 0.422 e. The first-order valence-electron chi connectivity index (χ1n) is 6.42. The number of rotatable bonds is 1. The molecular formula is C17H11NO2. The van der Waals surface area contributed by atoms with Gasteiger partial charge in [0.25, 0.3) is 0 Å². The number of fused-ring (bicyclic) bond motifs is 2. The van der Waals surface area contributed by atoms with Gasteiger partial charge in [-0.25, -0.2) is 4.79 Å². The number of H-pyrrole nitrogens is 1. The van der Waals surface area contributed by atoms with Crippen LogP contribution in [-0.4, -0.2) is 11.0 Å². The average molecular weight is 261 g/mol. The van der Waals surface area contributed by atoms with E-state index < -0.39 is 0 Å². The number of hydrogen-bond donors (Lipinski definition) is 1. The highest BCUT2D eigenvalue weighted by molar-refractivity contribution is 6.07. The van der Waals surface area contributed by atoms with Crippen LogP contribution >= 0.6 is 0 Å². The Morgan fingerprint density at radius 1 is 0.950 bits per heavy atom. The van der Waals surface area contributed by atoms with Crippen LogP contribution in [0.15, 0.2) is 54.7 Å². The van der Waals surface area contributed by atoms with Crippen LogP contribution in [0.4, 0.5) is 0 Å². The Morgan fingerprint density at radius 3 is 2.60 bits per heavy atom. The van der Waals surface area contributed by atoms with Crippen LogP contribution in [0.25, 0.3) is 22.7 Å². The smallest absolute Gasteiger partial charge is 0.344 e.